The lowest BCUT2D eigenvalue weighted by atomic mass is 9.87. The van der Waals surface area contributed by atoms with Crippen LogP contribution >= 0.6 is 0 Å². The van der Waals surface area contributed by atoms with Crippen molar-refractivity contribution >= 4 is 44.6 Å². The Hall–Kier alpha value is -4.59. The smallest absolute Gasteiger partial charge is 0.259 e. The minimum atomic E-state index is -3.95. The first kappa shape index (κ1) is 34.5. The molecule has 52 heavy (non-hydrogen) atoms. The summed E-state index contributed by atoms with van der Waals surface area (Å²) in [5, 5.41) is 7.24. The predicted octanol–water partition coefficient (Wildman–Crippen LogP) is 3.87. The molecule has 3 aliphatic heterocycles. The fourth-order valence-corrected chi connectivity index (χ4v) is 9.48. The van der Waals surface area contributed by atoms with Crippen molar-refractivity contribution in [2.75, 3.05) is 11.9 Å². The second-order valence-corrected chi connectivity index (χ2v) is 17.7. The number of anilines is 1. The van der Waals surface area contributed by atoms with Gasteiger partial charge in [0.05, 0.1) is 22.5 Å². The van der Waals surface area contributed by atoms with E-state index in [9.17, 15) is 22.8 Å². The van der Waals surface area contributed by atoms with Gasteiger partial charge in [0.2, 0.25) is 27.8 Å². The third-order valence-corrected chi connectivity index (χ3v) is 13.9. The number of para-hydroxylation sites is 1. The fraction of sp³-hybridized carbons (Fsp3) is 0.526. The quantitative estimate of drug-likeness (QED) is 0.328. The second-order valence-electron chi connectivity index (χ2n) is 15.5. The van der Waals surface area contributed by atoms with Gasteiger partial charge in [-0.2, -0.15) is 0 Å². The number of sulfonamides is 1. The molecular weight excluding hydrogens is 683 g/mol. The average molecular weight is 728 g/mol. The van der Waals surface area contributed by atoms with Crippen LogP contribution in [-0.2, 0) is 30.8 Å². The Morgan fingerprint density at radius 3 is 2.62 bits per heavy atom. The molecule has 2 aliphatic carbocycles. The molecule has 0 bridgehead atoms. The van der Waals surface area contributed by atoms with E-state index >= 15 is 0 Å². The van der Waals surface area contributed by atoms with Crippen LogP contribution in [0.1, 0.15) is 82.4 Å². The summed E-state index contributed by atoms with van der Waals surface area (Å²) in [5.74, 6) is -0.928. The third kappa shape index (κ3) is 6.18. The highest BCUT2D eigenvalue weighted by Crippen LogP contribution is 2.49. The Morgan fingerprint density at radius 2 is 1.83 bits per heavy atom. The number of hydrogen-bond donors (Lipinski definition) is 3. The van der Waals surface area contributed by atoms with Crippen molar-refractivity contribution in [2.45, 2.75) is 112 Å². The van der Waals surface area contributed by atoms with Crippen molar-refractivity contribution < 1.29 is 27.5 Å². The van der Waals surface area contributed by atoms with Gasteiger partial charge in [0.1, 0.15) is 29.0 Å². The summed E-state index contributed by atoms with van der Waals surface area (Å²) in [6.45, 7) is 3.68. The molecule has 0 unspecified atom stereocenters. The van der Waals surface area contributed by atoms with E-state index in [2.05, 4.69) is 25.3 Å². The number of rotatable bonds is 5. The van der Waals surface area contributed by atoms with Crippen LogP contribution in [0, 0.1) is 12.8 Å². The van der Waals surface area contributed by atoms with Crippen molar-refractivity contribution in [3.63, 3.8) is 0 Å². The van der Waals surface area contributed by atoms with Gasteiger partial charge < -0.3 is 20.3 Å². The molecule has 5 heterocycles. The van der Waals surface area contributed by atoms with E-state index in [1.165, 1.54) is 0 Å². The van der Waals surface area contributed by atoms with Gasteiger partial charge in [-0.15, -0.1) is 0 Å². The Labute approximate surface area is 303 Å². The molecule has 274 valence electrons. The topological polar surface area (TPSA) is 173 Å². The monoisotopic (exact) mass is 727 g/mol. The molecule has 3 N–H and O–H groups in total. The highest BCUT2D eigenvalue weighted by molar-refractivity contribution is 7.91. The lowest BCUT2D eigenvalue weighted by Crippen LogP contribution is -2.58. The van der Waals surface area contributed by atoms with Crippen LogP contribution in [0.4, 0.5) is 5.95 Å². The maximum Gasteiger partial charge on any atom is 0.259 e. The molecule has 8 rings (SSSR count). The Morgan fingerprint density at radius 1 is 1.04 bits per heavy atom. The molecule has 5 aliphatic rings. The van der Waals surface area contributed by atoms with E-state index in [0.29, 0.717) is 43.8 Å². The van der Waals surface area contributed by atoms with Crippen molar-refractivity contribution in [3.8, 4) is 5.75 Å². The van der Waals surface area contributed by atoms with Crippen LogP contribution in [0.5, 0.6) is 5.75 Å². The SMILES string of the molecule is Cc1nc2ccccc2c2c1O[C@]1(CC2)C[C@H]2C(=O)N[C@]3(C(=O)NS(=O)(=O)C4(C)CC4)C[C@H]3C=CCCCCC[C@H](Nc3ncccn3)C(=O)N2C1. The van der Waals surface area contributed by atoms with Gasteiger partial charge in [0.25, 0.3) is 5.91 Å². The van der Waals surface area contributed by atoms with Crippen LogP contribution in [0.3, 0.4) is 0 Å². The van der Waals surface area contributed by atoms with Gasteiger partial charge >= 0.3 is 0 Å². The zero-order valence-electron chi connectivity index (χ0n) is 29.6. The lowest BCUT2D eigenvalue weighted by Gasteiger charge is -2.36. The van der Waals surface area contributed by atoms with Gasteiger partial charge in [-0.05, 0) is 77.3 Å². The van der Waals surface area contributed by atoms with Gasteiger partial charge in [0, 0.05) is 35.7 Å². The number of aryl methyl sites for hydroxylation is 2. The normalized spacial score (nSPS) is 29.8. The third-order valence-electron chi connectivity index (χ3n) is 11.8. The second kappa shape index (κ2) is 12.8. The van der Waals surface area contributed by atoms with E-state index in [0.717, 1.165) is 47.8 Å². The summed E-state index contributed by atoms with van der Waals surface area (Å²) in [6.07, 6.45) is 13.5. The maximum atomic E-state index is 14.7. The van der Waals surface area contributed by atoms with Crippen LogP contribution in [0.2, 0.25) is 0 Å². The molecule has 14 heteroatoms. The van der Waals surface area contributed by atoms with E-state index in [4.69, 9.17) is 9.72 Å². The molecule has 3 amide bonds. The number of benzene rings is 1. The lowest BCUT2D eigenvalue weighted by molar-refractivity contribution is -0.140. The molecule has 3 fully saturated rings. The minimum absolute atomic E-state index is 0.152. The number of nitrogens with one attached hydrogen (secondary N) is 3. The van der Waals surface area contributed by atoms with Crippen molar-refractivity contribution in [3.05, 3.63) is 66.1 Å². The summed E-state index contributed by atoms with van der Waals surface area (Å²) >= 11 is 0. The van der Waals surface area contributed by atoms with Crippen molar-refractivity contribution in [1.82, 2.24) is 29.9 Å². The summed E-state index contributed by atoms with van der Waals surface area (Å²) in [4.78, 5) is 58.3. The number of carbonyl (C=O) groups is 3. The number of carbonyl (C=O) groups excluding carboxylic acids is 3. The number of aromatic nitrogens is 3. The molecule has 13 nitrogen and oxygen atoms in total. The first-order valence-corrected chi connectivity index (χ1v) is 19.9. The van der Waals surface area contributed by atoms with Crippen molar-refractivity contribution in [1.29, 1.82) is 0 Å². The standard InChI is InChI=1S/C38H45N7O6S/c1-24-31-27(26-12-8-9-13-28(26)41-24)15-16-37(51-31)22-30-32(46)43-38(34(48)44-52(49,50)36(2)17-18-36)21-25(38)11-6-4-3-5-7-14-29(33(47)45(30)23-37)42-35-39-19-10-20-40-35/h6,8-13,19-20,25,29-30H,3-5,7,14-18,21-23H2,1-2H3,(H,43,46)(H,44,48)(H,39,40,42)/t25-,29+,30+,37-,38-/m1/s1. The molecule has 3 aromatic rings. The highest BCUT2D eigenvalue weighted by atomic mass is 32.2. The highest BCUT2D eigenvalue weighted by Gasteiger charge is 2.64. The molecule has 1 aromatic carbocycles. The predicted molar refractivity (Wildman–Crippen MR) is 194 cm³/mol. The van der Waals surface area contributed by atoms with E-state index < -0.39 is 49.8 Å². The number of ether oxygens (including phenoxy) is 1. The van der Waals surface area contributed by atoms with Crippen LogP contribution in [-0.4, -0.2) is 80.5 Å². The van der Waals surface area contributed by atoms with Crippen molar-refractivity contribution in [2.24, 2.45) is 5.92 Å². The molecule has 1 saturated heterocycles. The summed E-state index contributed by atoms with van der Waals surface area (Å²) in [6, 6.07) is 7.95. The fourth-order valence-electron chi connectivity index (χ4n) is 8.17. The van der Waals surface area contributed by atoms with Gasteiger partial charge in [-0.1, -0.05) is 43.2 Å². The van der Waals surface area contributed by atoms with E-state index in [1.807, 2.05) is 43.3 Å². The van der Waals surface area contributed by atoms with Crippen LogP contribution in [0.15, 0.2) is 54.9 Å². The number of pyridine rings is 1. The number of nitrogens with zero attached hydrogens (tertiary/aromatic N) is 4. The number of fused-ring (bicyclic) bond motifs is 5. The molecule has 1 spiro atoms. The maximum absolute atomic E-state index is 14.7. The summed E-state index contributed by atoms with van der Waals surface area (Å²) in [7, 11) is -3.95. The summed E-state index contributed by atoms with van der Waals surface area (Å²) < 4.78 is 34.6. The Kier molecular flexibility index (Phi) is 8.50. The minimum Gasteiger partial charge on any atom is -0.483 e. The van der Waals surface area contributed by atoms with Crippen LogP contribution in [0.25, 0.3) is 10.9 Å². The number of amides is 3. The van der Waals surface area contributed by atoms with E-state index in [1.54, 1.807) is 30.3 Å². The molecule has 0 radical (unpaired) electrons. The number of hydrogen-bond acceptors (Lipinski definition) is 10. The number of allylic oxidation sites excluding steroid dienone is 1. The largest absolute Gasteiger partial charge is 0.483 e. The zero-order valence-corrected chi connectivity index (χ0v) is 30.4. The van der Waals surface area contributed by atoms with E-state index in [-0.39, 0.29) is 31.2 Å². The van der Waals surface area contributed by atoms with Gasteiger partial charge in [-0.3, -0.25) is 19.1 Å². The molecular formula is C38H45N7O6S. The Balaban J connectivity index is 1.14. The first-order chi connectivity index (χ1) is 24.9. The Bertz CT molecular complexity index is 2070. The van der Waals surface area contributed by atoms with Crippen LogP contribution < -0.4 is 20.1 Å². The average Bonchev–Trinajstić information content (AvgIpc) is 4.02. The van der Waals surface area contributed by atoms with Gasteiger partial charge in [0.15, 0.2) is 0 Å². The zero-order chi connectivity index (χ0) is 36.3. The molecule has 2 saturated carbocycles. The summed E-state index contributed by atoms with van der Waals surface area (Å²) in [5.41, 5.74) is 0.344. The molecule has 2 aromatic heterocycles. The first-order valence-electron chi connectivity index (χ1n) is 18.4. The van der Waals surface area contributed by atoms with Gasteiger partial charge in [-0.25, -0.2) is 23.4 Å². The molecule has 5 atom stereocenters.